The first-order valence-corrected chi connectivity index (χ1v) is 15.0. The summed E-state index contributed by atoms with van der Waals surface area (Å²) < 4.78 is 21.8. The van der Waals surface area contributed by atoms with E-state index in [4.69, 9.17) is 24.7 Å². The number of rotatable bonds is 19. The van der Waals surface area contributed by atoms with E-state index in [2.05, 4.69) is 19.2 Å². The van der Waals surface area contributed by atoms with E-state index in [9.17, 15) is 14.7 Å². The van der Waals surface area contributed by atoms with Crippen molar-refractivity contribution in [3.8, 4) is 11.5 Å². The third-order valence-corrected chi connectivity index (χ3v) is 7.76. The van der Waals surface area contributed by atoms with E-state index < -0.39 is 12.1 Å². The maximum absolute atomic E-state index is 12.6. The highest BCUT2D eigenvalue weighted by molar-refractivity contribution is 5.85. The largest absolute Gasteiger partial charge is 0.493 e. The Hall–Kier alpha value is -2.11. The van der Waals surface area contributed by atoms with Crippen molar-refractivity contribution in [2.24, 2.45) is 23.5 Å². The second kappa shape index (κ2) is 20.7. The van der Waals surface area contributed by atoms with Gasteiger partial charge in [0, 0.05) is 58.2 Å². The molecule has 0 saturated carbocycles. The number of nitrogens with one attached hydrogen (secondary N) is 1. The number of benzene rings is 1. The Bertz CT molecular complexity index is 915. The molecule has 4 N–H and O–H groups in total. The summed E-state index contributed by atoms with van der Waals surface area (Å²) in [4.78, 5) is 26.7. The van der Waals surface area contributed by atoms with Gasteiger partial charge in [-0.25, -0.2) is 0 Å². The van der Waals surface area contributed by atoms with Crippen LogP contribution >= 0.6 is 12.4 Å². The van der Waals surface area contributed by atoms with E-state index >= 15 is 0 Å². The molecule has 0 aliphatic carbocycles. The third-order valence-electron chi connectivity index (χ3n) is 7.76. The Balaban J connectivity index is 0.00000882. The van der Waals surface area contributed by atoms with Gasteiger partial charge in [-0.2, -0.15) is 0 Å². The number of hydrogen-bond donors (Lipinski definition) is 3. The van der Waals surface area contributed by atoms with E-state index in [1.54, 1.807) is 21.1 Å². The van der Waals surface area contributed by atoms with Gasteiger partial charge in [0.2, 0.25) is 11.8 Å². The van der Waals surface area contributed by atoms with Crippen molar-refractivity contribution in [3.05, 3.63) is 23.8 Å². The van der Waals surface area contributed by atoms with Crippen LogP contribution in [0.1, 0.15) is 58.4 Å². The molecule has 1 aromatic rings. The molecule has 0 bridgehead atoms. The van der Waals surface area contributed by atoms with Crippen molar-refractivity contribution in [3.63, 3.8) is 0 Å². The molecule has 0 aromatic heterocycles. The molecule has 4 atom stereocenters. The summed E-state index contributed by atoms with van der Waals surface area (Å²) in [6.45, 7) is 10.1. The molecule has 0 radical (unpaired) electrons. The summed E-state index contributed by atoms with van der Waals surface area (Å²) in [5, 5.41) is 13.8. The summed E-state index contributed by atoms with van der Waals surface area (Å²) in [5.74, 6) is 1.56. The van der Waals surface area contributed by atoms with Crippen LogP contribution in [0.3, 0.4) is 0 Å². The van der Waals surface area contributed by atoms with Crippen LogP contribution in [-0.4, -0.2) is 94.2 Å². The lowest BCUT2D eigenvalue weighted by Crippen LogP contribution is -2.41. The molecular formula is C31H54ClN3O7. The van der Waals surface area contributed by atoms with Gasteiger partial charge in [0.25, 0.3) is 0 Å². The molecule has 1 saturated heterocycles. The van der Waals surface area contributed by atoms with E-state index in [-0.39, 0.29) is 42.5 Å². The Morgan fingerprint density at radius 1 is 1.07 bits per heavy atom. The average molecular weight is 616 g/mol. The van der Waals surface area contributed by atoms with Gasteiger partial charge in [-0.05, 0) is 55.2 Å². The van der Waals surface area contributed by atoms with Crippen LogP contribution in [0.5, 0.6) is 11.5 Å². The van der Waals surface area contributed by atoms with Crippen LogP contribution in [0, 0.1) is 17.8 Å². The lowest BCUT2D eigenvalue weighted by Gasteiger charge is -2.28. The normalized spacial score (nSPS) is 16.2. The number of ether oxygens (including phenoxy) is 4. The first-order valence-electron chi connectivity index (χ1n) is 15.0. The molecule has 10 nitrogen and oxygen atoms in total. The fourth-order valence-electron chi connectivity index (χ4n) is 4.99. The fraction of sp³-hybridized carbons (Fsp3) is 0.742. The lowest BCUT2D eigenvalue weighted by molar-refractivity contribution is -0.135. The van der Waals surface area contributed by atoms with Crippen molar-refractivity contribution >= 4 is 24.2 Å². The molecule has 1 aliphatic rings. The Labute approximate surface area is 258 Å². The monoisotopic (exact) mass is 615 g/mol. The van der Waals surface area contributed by atoms with E-state index in [0.717, 1.165) is 18.4 Å². The van der Waals surface area contributed by atoms with E-state index in [0.29, 0.717) is 82.7 Å². The second-order valence-electron chi connectivity index (χ2n) is 11.4. The SMILES string of the molecule is COCCCOc1cc(CC(CC(N)C(O)CC(C)C(=O)NCCCC(=O)N2CCOCC2)C(C)C)ccc1OC.Cl. The molecule has 11 heteroatoms. The number of aliphatic hydroxyl groups is 1. The van der Waals surface area contributed by atoms with Gasteiger partial charge in [-0.3, -0.25) is 9.59 Å². The summed E-state index contributed by atoms with van der Waals surface area (Å²) in [6, 6.07) is 5.53. The summed E-state index contributed by atoms with van der Waals surface area (Å²) in [5.41, 5.74) is 7.58. The zero-order chi connectivity index (χ0) is 30.2. The predicted octanol–water partition coefficient (Wildman–Crippen LogP) is 3.21. The number of amides is 2. The number of nitrogens with two attached hydrogens (primary N) is 1. The highest BCUT2D eigenvalue weighted by Gasteiger charge is 2.26. The number of aliphatic hydroxyl groups excluding tert-OH is 1. The zero-order valence-electron chi connectivity index (χ0n) is 26.1. The Kier molecular flexibility index (Phi) is 18.7. The number of carbonyl (C=O) groups excluding carboxylic acids is 2. The third kappa shape index (κ3) is 13.5. The minimum Gasteiger partial charge on any atom is -0.493 e. The van der Waals surface area contributed by atoms with Crippen molar-refractivity contribution in [1.29, 1.82) is 0 Å². The van der Waals surface area contributed by atoms with Crippen molar-refractivity contribution < 1.29 is 33.6 Å². The fourth-order valence-corrected chi connectivity index (χ4v) is 4.99. The minimum atomic E-state index is -0.796. The zero-order valence-corrected chi connectivity index (χ0v) is 27.0. The molecule has 0 spiro atoms. The highest BCUT2D eigenvalue weighted by atomic mass is 35.5. The number of morpholine rings is 1. The molecule has 1 heterocycles. The quantitative estimate of drug-likeness (QED) is 0.202. The highest BCUT2D eigenvalue weighted by Crippen LogP contribution is 2.31. The summed E-state index contributed by atoms with van der Waals surface area (Å²) in [6.07, 6.45) is 2.67. The van der Waals surface area contributed by atoms with E-state index in [1.165, 1.54) is 0 Å². The number of carbonyl (C=O) groups is 2. The number of hydrogen-bond acceptors (Lipinski definition) is 8. The van der Waals surface area contributed by atoms with Crippen LogP contribution in [0.2, 0.25) is 0 Å². The van der Waals surface area contributed by atoms with E-state index in [1.807, 2.05) is 23.1 Å². The molecule has 2 amide bonds. The van der Waals surface area contributed by atoms with Crippen molar-refractivity contribution in [1.82, 2.24) is 10.2 Å². The topological polar surface area (TPSA) is 133 Å². The predicted molar refractivity (Wildman–Crippen MR) is 166 cm³/mol. The van der Waals surface area contributed by atoms with Gasteiger partial charge in [-0.15, -0.1) is 12.4 Å². The number of methoxy groups -OCH3 is 2. The van der Waals surface area contributed by atoms with Gasteiger partial charge >= 0.3 is 0 Å². The first-order chi connectivity index (χ1) is 19.7. The molecular weight excluding hydrogens is 562 g/mol. The molecule has 4 unspecified atom stereocenters. The van der Waals surface area contributed by atoms with Crippen LogP contribution < -0.4 is 20.5 Å². The van der Waals surface area contributed by atoms with Gasteiger partial charge < -0.3 is 40.0 Å². The molecule has 42 heavy (non-hydrogen) atoms. The van der Waals surface area contributed by atoms with Crippen LogP contribution in [0.15, 0.2) is 18.2 Å². The molecule has 1 aromatic carbocycles. The number of nitrogens with zero attached hydrogens (tertiary/aromatic N) is 1. The average Bonchev–Trinajstić information content (AvgIpc) is 2.97. The summed E-state index contributed by atoms with van der Waals surface area (Å²) >= 11 is 0. The Morgan fingerprint density at radius 2 is 1.79 bits per heavy atom. The minimum absolute atomic E-state index is 0. The van der Waals surface area contributed by atoms with Crippen molar-refractivity contribution in [2.45, 2.75) is 71.4 Å². The lowest BCUT2D eigenvalue weighted by atomic mass is 9.82. The molecule has 1 fully saturated rings. The van der Waals surface area contributed by atoms with Crippen LogP contribution in [0.4, 0.5) is 0 Å². The maximum Gasteiger partial charge on any atom is 0.222 e. The van der Waals surface area contributed by atoms with Gasteiger partial charge in [0.05, 0.1) is 33.0 Å². The molecule has 1 aliphatic heterocycles. The van der Waals surface area contributed by atoms with Crippen LogP contribution in [-0.2, 0) is 25.5 Å². The number of halogens is 1. The van der Waals surface area contributed by atoms with Gasteiger partial charge in [-0.1, -0.05) is 26.8 Å². The maximum atomic E-state index is 12.6. The van der Waals surface area contributed by atoms with Crippen molar-refractivity contribution in [2.75, 3.05) is 60.3 Å². The second-order valence-corrected chi connectivity index (χ2v) is 11.4. The molecule has 2 rings (SSSR count). The Morgan fingerprint density at radius 3 is 2.43 bits per heavy atom. The molecule has 242 valence electrons. The van der Waals surface area contributed by atoms with Gasteiger partial charge in [0.1, 0.15) is 0 Å². The first kappa shape index (κ1) is 37.9. The van der Waals surface area contributed by atoms with Crippen LogP contribution in [0.25, 0.3) is 0 Å². The smallest absolute Gasteiger partial charge is 0.222 e. The summed E-state index contributed by atoms with van der Waals surface area (Å²) in [7, 11) is 3.30. The standard InChI is InChI=1S/C31H53N3O7.ClH/c1-22(2)25(19-24-9-10-28(39-5)29(20-24)41-15-7-14-38-4)21-26(32)27(35)18-23(3)31(37)33-11-6-8-30(36)34-12-16-40-17-13-34;/h9-10,20,22-23,25-27,35H,6-8,11-19,21,32H2,1-5H3,(H,33,37);1H. The van der Waals surface area contributed by atoms with Gasteiger partial charge in [0.15, 0.2) is 11.5 Å².